The second-order valence-corrected chi connectivity index (χ2v) is 13.6. The lowest BCUT2D eigenvalue weighted by molar-refractivity contribution is 0.510. The molecule has 0 N–H and O–H groups in total. The van der Waals surface area contributed by atoms with Crippen molar-refractivity contribution >= 4 is 0 Å². The second-order valence-electron chi connectivity index (χ2n) is 13.6. The highest BCUT2D eigenvalue weighted by atomic mass is 14.3. The van der Waals surface area contributed by atoms with Crippen LogP contribution in [0.5, 0.6) is 0 Å². The van der Waals surface area contributed by atoms with Crippen LogP contribution in [-0.2, 0) is 0 Å². The molecule has 0 saturated heterocycles. The molecule has 0 fully saturated rings. The Morgan fingerprint density at radius 3 is 1.06 bits per heavy atom. The quantitative estimate of drug-likeness (QED) is 0.0948. The van der Waals surface area contributed by atoms with Crippen molar-refractivity contribution in [2.45, 2.75) is 109 Å². The van der Waals surface area contributed by atoms with Gasteiger partial charge in [-0.1, -0.05) is 141 Å². The average Bonchev–Trinajstić information content (AvgIpc) is 3.17. The minimum atomic E-state index is -0.0244. The molecule has 50 heavy (non-hydrogen) atoms. The third-order valence-electron chi connectivity index (χ3n) is 10.1. The molecule has 0 spiro atoms. The fraction of sp³-hybridized carbons (Fsp3) is 0.426. The number of nitrogens with zero attached hydrogens (tertiary/aromatic N) is 3. The normalized spacial score (nSPS) is 15.2. The van der Waals surface area contributed by atoms with Gasteiger partial charge in [0.1, 0.15) is 0 Å². The van der Waals surface area contributed by atoms with Gasteiger partial charge in [0, 0.05) is 17.8 Å². The van der Waals surface area contributed by atoms with Gasteiger partial charge < -0.3 is 0 Å². The summed E-state index contributed by atoms with van der Waals surface area (Å²) in [6, 6.07) is 39.5. The molecule has 0 bridgehead atoms. The Bertz CT molecular complexity index is 1540. The highest BCUT2D eigenvalue weighted by Gasteiger charge is 2.16. The van der Waals surface area contributed by atoms with E-state index in [0.717, 1.165) is 77.0 Å². The number of benzene rings is 3. The lowest BCUT2D eigenvalue weighted by Gasteiger charge is -2.18. The lowest BCUT2D eigenvalue weighted by Crippen LogP contribution is -2.04. The van der Waals surface area contributed by atoms with Crippen LogP contribution in [0.25, 0.3) is 0 Å². The summed E-state index contributed by atoms with van der Waals surface area (Å²) >= 11 is 0. The van der Waals surface area contributed by atoms with Crippen LogP contribution in [0.2, 0.25) is 0 Å². The zero-order valence-corrected chi connectivity index (χ0v) is 30.4. The van der Waals surface area contributed by atoms with Crippen LogP contribution in [0, 0.1) is 51.7 Å². The number of nitriles is 3. The fourth-order valence-corrected chi connectivity index (χ4v) is 6.70. The summed E-state index contributed by atoms with van der Waals surface area (Å²) in [6.45, 7) is 4.30. The van der Waals surface area contributed by atoms with Crippen LogP contribution < -0.4 is 0 Å². The third-order valence-corrected chi connectivity index (χ3v) is 10.1. The largest absolute Gasteiger partial charge is 0.198 e. The van der Waals surface area contributed by atoms with Gasteiger partial charge in [-0.25, -0.2) is 0 Å². The molecule has 0 radical (unpaired) electrons. The first kappa shape index (κ1) is 39.8. The van der Waals surface area contributed by atoms with E-state index in [0.29, 0.717) is 17.8 Å². The van der Waals surface area contributed by atoms with Gasteiger partial charge in [-0.15, -0.1) is 0 Å². The summed E-state index contributed by atoms with van der Waals surface area (Å²) in [6.07, 6.45) is 24.1. The molecule has 6 unspecified atom stereocenters. The summed E-state index contributed by atoms with van der Waals surface area (Å²) in [7, 11) is 0. The maximum atomic E-state index is 10.0. The van der Waals surface area contributed by atoms with Crippen molar-refractivity contribution in [1.82, 2.24) is 0 Å². The van der Waals surface area contributed by atoms with Gasteiger partial charge in [-0.3, -0.25) is 0 Å². The molecule has 3 aromatic rings. The Morgan fingerprint density at radius 1 is 0.400 bits per heavy atom. The van der Waals surface area contributed by atoms with Gasteiger partial charge in [0.15, 0.2) is 0 Å². The van der Waals surface area contributed by atoms with E-state index in [9.17, 15) is 15.8 Å². The standard InChI is InChI=1S/C47H57N3/c1-3-39(36-48)20-14-18-30-46(44-26-10-6-11-27-44)34-33-41(38-50)22-16-19-31-47(45-28-12-7-13-29-45)35-32-40(37-49)21-15-17-23-42(4-2)43-24-8-5-9-25-43/h5-19,24-29,39-42,46-47H,3-4,20-23,30-35H2,1-2H3/b17-15+,18-14+,19-16+. The number of hydrogen-bond acceptors (Lipinski definition) is 3. The lowest BCUT2D eigenvalue weighted by atomic mass is 9.86. The predicted molar refractivity (Wildman–Crippen MR) is 209 cm³/mol. The summed E-state index contributed by atoms with van der Waals surface area (Å²) < 4.78 is 0. The van der Waals surface area contributed by atoms with Crippen molar-refractivity contribution in [3.8, 4) is 18.2 Å². The van der Waals surface area contributed by atoms with Gasteiger partial charge in [0.05, 0.1) is 18.2 Å². The molecule has 0 aliphatic heterocycles. The van der Waals surface area contributed by atoms with Crippen LogP contribution in [0.4, 0.5) is 0 Å². The number of hydrogen-bond donors (Lipinski definition) is 0. The van der Waals surface area contributed by atoms with Crippen LogP contribution in [-0.4, -0.2) is 0 Å². The Morgan fingerprint density at radius 2 is 0.720 bits per heavy atom. The fourth-order valence-electron chi connectivity index (χ4n) is 6.70. The smallest absolute Gasteiger partial charge is 0.0659 e. The van der Waals surface area contributed by atoms with E-state index in [1.165, 1.54) is 16.7 Å². The summed E-state index contributed by atoms with van der Waals surface area (Å²) in [5.74, 6) is 1.29. The first-order chi connectivity index (χ1) is 24.6. The Hall–Kier alpha value is -4.65. The van der Waals surface area contributed by atoms with Gasteiger partial charge in [0.25, 0.3) is 0 Å². The molecule has 0 saturated carbocycles. The first-order valence-corrected chi connectivity index (χ1v) is 18.9. The van der Waals surface area contributed by atoms with E-state index in [-0.39, 0.29) is 17.8 Å². The van der Waals surface area contributed by atoms with Crippen molar-refractivity contribution in [2.75, 3.05) is 0 Å². The average molecular weight is 664 g/mol. The molecule has 0 aliphatic rings. The molecule has 0 amide bonds. The molecule has 3 heteroatoms. The maximum absolute atomic E-state index is 10.0. The Labute approximate surface area is 303 Å². The van der Waals surface area contributed by atoms with Crippen LogP contribution in [0.3, 0.4) is 0 Å². The van der Waals surface area contributed by atoms with E-state index >= 15 is 0 Å². The van der Waals surface area contributed by atoms with E-state index in [1.807, 2.05) is 6.07 Å². The van der Waals surface area contributed by atoms with E-state index in [4.69, 9.17) is 0 Å². The van der Waals surface area contributed by atoms with Gasteiger partial charge in [-0.05, 0) is 111 Å². The molecule has 0 aliphatic carbocycles. The zero-order chi connectivity index (χ0) is 35.7. The zero-order valence-electron chi connectivity index (χ0n) is 30.4. The third kappa shape index (κ3) is 14.9. The van der Waals surface area contributed by atoms with Gasteiger partial charge in [-0.2, -0.15) is 15.8 Å². The van der Waals surface area contributed by atoms with Crippen LogP contribution in [0.1, 0.15) is 125 Å². The monoisotopic (exact) mass is 663 g/mol. The molecule has 3 rings (SSSR count). The topological polar surface area (TPSA) is 71.4 Å². The Balaban J connectivity index is 1.52. The minimum absolute atomic E-state index is 0.00744. The van der Waals surface area contributed by atoms with Gasteiger partial charge >= 0.3 is 0 Å². The molecular weight excluding hydrogens is 607 g/mol. The van der Waals surface area contributed by atoms with E-state index in [1.54, 1.807) is 0 Å². The highest BCUT2D eigenvalue weighted by molar-refractivity contribution is 5.22. The van der Waals surface area contributed by atoms with Crippen molar-refractivity contribution in [3.63, 3.8) is 0 Å². The van der Waals surface area contributed by atoms with Crippen LogP contribution in [0.15, 0.2) is 127 Å². The van der Waals surface area contributed by atoms with Gasteiger partial charge in [0.2, 0.25) is 0 Å². The van der Waals surface area contributed by atoms with E-state index in [2.05, 4.69) is 153 Å². The first-order valence-electron chi connectivity index (χ1n) is 18.9. The van der Waals surface area contributed by atoms with Crippen molar-refractivity contribution in [2.24, 2.45) is 17.8 Å². The summed E-state index contributed by atoms with van der Waals surface area (Å²) in [5, 5.41) is 29.3. The van der Waals surface area contributed by atoms with Crippen molar-refractivity contribution in [3.05, 3.63) is 144 Å². The molecular formula is C47H57N3. The highest BCUT2D eigenvalue weighted by Crippen LogP contribution is 2.31. The molecule has 3 nitrogen and oxygen atoms in total. The Kier molecular flexibility index (Phi) is 19.5. The predicted octanol–water partition coefficient (Wildman–Crippen LogP) is 13.1. The number of rotatable bonds is 23. The molecule has 260 valence electrons. The SMILES string of the molecule is CCC(C#N)C/C=C/CC(CCC(C#N)C/C=C/CC(CCC(C#N)C/C=C/CC(CC)c1ccccc1)c1ccccc1)c1ccccc1. The molecule has 0 heterocycles. The van der Waals surface area contributed by atoms with E-state index < -0.39 is 0 Å². The summed E-state index contributed by atoms with van der Waals surface area (Å²) in [5.41, 5.74) is 4.01. The minimum Gasteiger partial charge on any atom is -0.198 e. The maximum Gasteiger partial charge on any atom is 0.0659 e. The summed E-state index contributed by atoms with van der Waals surface area (Å²) in [4.78, 5) is 0. The van der Waals surface area contributed by atoms with Crippen LogP contribution >= 0.6 is 0 Å². The van der Waals surface area contributed by atoms with Crippen molar-refractivity contribution in [1.29, 1.82) is 15.8 Å². The second kappa shape index (κ2) is 24.5. The van der Waals surface area contributed by atoms with Crippen molar-refractivity contribution < 1.29 is 0 Å². The number of allylic oxidation sites excluding steroid dienone is 6. The molecule has 6 atom stereocenters. The molecule has 3 aromatic carbocycles. The molecule has 0 aromatic heterocycles.